The number of halogens is 3. The first-order chi connectivity index (χ1) is 12.2. The van der Waals surface area contributed by atoms with Crippen LogP contribution in [0.1, 0.15) is 24.8 Å². The minimum absolute atomic E-state index is 0.0853. The summed E-state index contributed by atoms with van der Waals surface area (Å²) in [4.78, 5) is 7.07. The highest BCUT2D eigenvalue weighted by Crippen LogP contribution is 2.31. The van der Waals surface area contributed by atoms with Gasteiger partial charge in [0.25, 0.3) is 0 Å². The topological polar surface area (TPSA) is 111 Å². The Labute approximate surface area is 147 Å². The van der Waals surface area contributed by atoms with E-state index < -0.39 is 34.4 Å². The Kier molecular flexibility index (Phi) is 4.81. The SMILES string of the molecule is N#Cc1cnc2[nH]ccc2c1NC1CC(NS(=O)(=O)CCC(F)(F)F)C1. The predicted octanol–water partition coefficient (Wildman–Crippen LogP) is 2.25. The molecule has 0 aliphatic heterocycles. The van der Waals surface area contributed by atoms with Crippen molar-refractivity contribution in [2.75, 3.05) is 11.1 Å². The number of alkyl halides is 3. The van der Waals surface area contributed by atoms with Crippen molar-refractivity contribution >= 4 is 26.7 Å². The lowest BCUT2D eigenvalue weighted by Crippen LogP contribution is -2.50. The molecule has 2 heterocycles. The average Bonchev–Trinajstić information content (AvgIpc) is 2.99. The summed E-state index contributed by atoms with van der Waals surface area (Å²) >= 11 is 0. The van der Waals surface area contributed by atoms with Crippen molar-refractivity contribution in [1.82, 2.24) is 14.7 Å². The fourth-order valence-corrected chi connectivity index (χ4v) is 4.17. The number of nitriles is 1. The van der Waals surface area contributed by atoms with Crippen LogP contribution in [-0.4, -0.2) is 42.4 Å². The third kappa shape index (κ3) is 4.25. The number of nitrogens with one attached hydrogen (secondary N) is 3. The van der Waals surface area contributed by atoms with Gasteiger partial charge in [-0.1, -0.05) is 0 Å². The molecule has 3 rings (SSSR count). The highest BCUT2D eigenvalue weighted by Gasteiger charge is 2.35. The summed E-state index contributed by atoms with van der Waals surface area (Å²) < 4.78 is 62.2. The standard InChI is InChI=1S/C15H16F3N5O2S/c16-15(17,18)2-4-26(24,25)23-11-5-10(6-11)22-13-9(7-19)8-21-14-12(13)1-3-20-14/h1,3,8,10-11,23H,2,4-6H2,(H2,20,21,22). The quantitative estimate of drug-likeness (QED) is 0.704. The van der Waals surface area contributed by atoms with Gasteiger partial charge in [0.2, 0.25) is 10.0 Å². The van der Waals surface area contributed by atoms with Crippen molar-refractivity contribution in [1.29, 1.82) is 5.26 Å². The summed E-state index contributed by atoms with van der Waals surface area (Å²) in [5, 5.41) is 13.2. The molecule has 1 saturated carbocycles. The molecular weight excluding hydrogens is 371 g/mol. The van der Waals surface area contributed by atoms with Crippen LogP contribution >= 0.6 is 0 Å². The molecule has 1 aliphatic rings. The third-order valence-corrected chi connectivity index (χ3v) is 5.63. The van der Waals surface area contributed by atoms with Gasteiger partial charge in [0.15, 0.2) is 0 Å². The number of hydrogen-bond donors (Lipinski definition) is 3. The smallest absolute Gasteiger partial charge is 0.380 e. The molecule has 140 valence electrons. The van der Waals surface area contributed by atoms with E-state index in [-0.39, 0.29) is 6.04 Å². The van der Waals surface area contributed by atoms with Gasteiger partial charge in [-0.15, -0.1) is 0 Å². The number of anilines is 1. The first kappa shape index (κ1) is 18.5. The van der Waals surface area contributed by atoms with Crippen LogP contribution in [0.15, 0.2) is 18.5 Å². The van der Waals surface area contributed by atoms with E-state index in [0.717, 1.165) is 5.39 Å². The molecule has 0 atom stereocenters. The van der Waals surface area contributed by atoms with Gasteiger partial charge in [0.05, 0.1) is 23.4 Å². The van der Waals surface area contributed by atoms with Crippen LogP contribution in [0, 0.1) is 11.3 Å². The van der Waals surface area contributed by atoms with Gasteiger partial charge in [0.1, 0.15) is 11.7 Å². The lowest BCUT2D eigenvalue weighted by Gasteiger charge is -2.37. The molecule has 7 nitrogen and oxygen atoms in total. The van der Waals surface area contributed by atoms with Gasteiger partial charge in [0, 0.05) is 29.9 Å². The molecule has 11 heteroatoms. The first-order valence-corrected chi connectivity index (χ1v) is 9.51. The maximum atomic E-state index is 12.2. The molecule has 0 spiro atoms. The Morgan fingerprint density at radius 1 is 1.35 bits per heavy atom. The molecule has 0 bridgehead atoms. The number of H-pyrrole nitrogens is 1. The second kappa shape index (κ2) is 6.77. The van der Waals surface area contributed by atoms with E-state index in [4.69, 9.17) is 0 Å². The van der Waals surface area contributed by atoms with Gasteiger partial charge in [-0.3, -0.25) is 0 Å². The second-order valence-corrected chi connectivity index (χ2v) is 8.08. The van der Waals surface area contributed by atoms with E-state index >= 15 is 0 Å². The molecule has 1 aliphatic carbocycles. The lowest BCUT2D eigenvalue weighted by atomic mass is 9.87. The van der Waals surface area contributed by atoms with Crippen LogP contribution in [0.2, 0.25) is 0 Å². The zero-order valence-corrected chi connectivity index (χ0v) is 14.3. The number of fused-ring (bicyclic) bond motifs is 1. The van der Waals surface area contributed by atoms with Crippen molar-refractivity contribution in [2.24, 2.45) is 0 Å². The van der Waals surface area contributed by atoms with Gasteiger partial charge in [-0.05, 0) is 18.9 Å². The zero-order chi connectivity index (χ0) is 18.9. The van der Waals surface area contributed by atoms with Crippen LogP contribution in [0.3, 0.4) is 0 Å². The highest BCUT2D eigenvalue weighted by atomic mass is 32.2. The van der Waals surface area contributed by atoms with Crippen molar-refractivity contribution < 1.29 is 21.6 Å². The van der Waals surface area contributed by atoms with E-state index in [2.05, 4.69) is 26.1 Å². The lowest BCUT2D eigenvalue weighted by molar-refractivity contribution is -0.130. The summed E-state index contributed by atoms with van der Waals surface area (Å²) in [7, 11) is -3.97. The molecule has 2 aromatic rings. The maximum absolute atomic E-state index is 12.2. The third-order valence-electron chi connectivity index (χ3n) is 4.19. The highest BCUT2D eigenvalue weighted by molar-refractivity contribution is 7.89. The summed E-state index contributed by atoms with van der Waals surface area (Å²) in [6.45, 7) is 0. The van der Waals surface area contributed by atoms with E-state index in [1.807, 2.05) is 0 Å². The number of aromatic amines is 1. The number of pyridine rings is 1. The van der Waals surface area contributed by atoms with E-state index in [1.165, 1.54) is 6.20 Å². The Balaban J connectivity index is 1.58. The zero-order valence-electron chi connectivity index (χ0n) is 13.5. The summed E-state index contributed by atoms with van der Waals surface area (Å²) in [6.07, 6.45) is -1.89. The molecule has 0 saturated heterocycles. The molecule has 0 unspecified atom stereocenters. The minimum atomic E-state index is -4.50. The van der Waals surface area contributed by atoms with Gasteiger partial charge in [-0.2, -0.15) is 18.4 Å². The fraction of sp³-hybridized carbons (Fsp3) is 0.467. The maximum Gasteiger partial charge on any atom is 0.390 e. The minimum Gasteiger partial charge on any atom is -0.380 e. The van der Waals surface area contributed by atoms with Gasteiger partial charge >= 0.3 is 6.18 Å². The van der Waals surface area contributed by atoms with Crippen molar-refractivity contribution in [3.8, 4) is 6.07 Å². The Hall–Kier alpha value is -2.32. The largest absolute Gasteiger partial charge is 0.390 e. The van der Waals surface area contributed by atoms with Crippen LogP contribution in [0.4, 0.5) is 18.9 Å². The fourth-order valence-electron chi connectivity index (χ4n) is 2.85. The van der Waals surface area contributed by atoms with Crippen molar-refractivity contribution in [3.63, 3.8) is 0 Å². The first-order valence-electron chi connectivity index (χ1n) is 7.86. The second-order valence-electron chi connectivity index (χ2n) is 6.21. The molecular formula is C15H16F3N5O2S. The monoisotopic (exact) mass is 387 g/mol. The molecule has 2 aromatic heterocycles. The van der Waals surface area contributed by atoms with Crippen LogP contribution < -0.4 is 10.0 Å². The number of sulfonamides is 1. The van der Waals surface area contributed by atoms with Gasteiger partial charge < -0.3 is 10.3 Å². The summed E-state index contributed by atoms with van der Waals surface area (Å²) in [5.74, 6) is -0.974. The van der Waals surface area contributed by atoms with E-state index in [1.54, 1.807) is 12.3 Å². The van der Waals surface area contributed by atoms with E-state index in [9.17, 15) is 26.9 Å². The van der Waals surface area contributed by atoms with Crippen molar-refractivity contribution in [2.45, 2.75) is 37.5 Å². The Morgan fingerprint density at radius 2 is 2.08 bits per heavy atom. The molecule has 3 N–H and O–H groups in total. The number of nitrogens with zero attached hydrogens (tertiary/aromatic N) is 2. The average molecular weight is 387 g/mol. The summed E-state index contributed by atoms with van der Waals surface area (Å²) in [6, 6.07) is 3.33. The van der Waals surface area contributed by atoms with Crippen LogP contribution in [-0.2, 0) is 10.0 Å². The van der Waals surface area contributed by atoms with Crippen LogP contribution in [0.5, 0.6) is 0 Å². The molecule has 0 radical (unpaired) electrons. The molecule has 0 aromatic carbocycles. The molecule has 26 heavy (non-hydrogen) atoms. The van der Waals surface area contributed by atoms with E-state index in [0.29, 0.717) is 29.7 Å². The molecule has 0 amide bonds. The Bertz CT molecular complexity index is 942. The Morgan fingerprint density at radius 3 is 2.73 bits per heavy atom. The van der Waals surface area contributed by atoms with Gasteiger partial charge in [-0.25, -0.2) is 18.1 Å². The predicted molar refractivity (Wildman–Crippen MR) is 88.8 cm³/mol. The normalized spacial score (nSPS) is 20.5. The number of hydrogen-bond acceptors (Lipinski definition) is 5. The summed E-state index contributed by atoms with van der Waals surface area (Å²) in [5.41, 5.74) is 1.60. The number of aromatic nitrogens is 2. The van der Waals surface area contributed by atoms with Crippen LogP contribution in [0.25, 0.3) is 11.0 Å². The molecule has 1 fully saturated rings. The van der Waals surface area contributed by atoms with Crippen molar-refractivity contribution in [3.05, 3.63) is 24.0 Å². The number of rotatable bonds is 6.